The molecule has 9 heteroatoms. The van der Waals surface area contributed by atoms with Gasteiger partial charge in [-0.3, -0.25) is 19.3 Å². The molecule has 35 heavy (non-hydrogen) atoms. The van der Waals surface area contributed by atoms with Crippen LogP contribution in [0.5, 0.6) is 0 Å². The summed E-state index contributed by atoms with van der Waals surface area (Å²) in [5.74, 6) is -0.973. The van der Waals surface area contributed by atoms with Crippen LogP contribution in [-0.4, -0.2) is 40.7 Å². The summed E-state index contributed by atoms with van der Waals surface area (Å²) in [6, 6.07) is 7.69. The minimum Gasteiger partial charge on any atom is -0.395 e. The molecule has 2 aliphatic carbocycles. The van der Waals surface area contributed by atoms with Gasteiger partial charge >= 0.3 is 0 Å². The van der Waals surface area contributed by atoms with Gasteiger partial charge in [0.15, 0.2) is 5.69 Å². The zero-order valence-electron chi connectivity index (χ0n) is 20.3. The first-order chi connectivity index (χ1) is 16.9. The van der Waals surface area contributed by atoms with E-state index in [0.717, 1.165) is 68.5 Å². The lowest BCUT2D eigenvalue weighted by Crippen LogP contribution is -2.45. The topological polar surface area (TPSA) is 117 Å². The number of nitrogens with two attached hydrogens (primary N) is 1. The Morgan fingerprint density at radius 1 is 0.971 bits per heavy atom. The van der Waals surface area contributed by atoms with Crippen LogP contribution in [0.3, 0.4) is 0 Å². The van der Waals surface area contributed by atoms with E-state index >= 15 is 0 Å². The maximum atomic E-state index is 13.7. The smallest absolute Gasteiger partial charge is 0.273 e. The monoisotopic (exact) mass is 497 g/mol. The van der Waals surface area contributed by atoms with Crippen LogP contribution in [0, 0.1) is 6.92 Å². The summed E-state index contributed by atoms with van der Waals surface area (Å²) in [4.78, 5) is 41.1. The molecule has 4 N–H and O–H groups in total. The average Bonchev–Trinajstić information content (AvgIpc) is 3.25. The number of hydrogen-bond donors (Lipinski definition) is 3. The quantitative estimate of drug-likeness (QED) is 0.530. The minimum atomic E-state index is -0.426. The van der Waals surface area contributed by atoms with Crippen LogP contribution in [-0.2, 0) is 4.79 Å². The van der Waals surface area contributed by atoms with Crippen LogP contribution in [0.1, 0.15) is 89.9 Å². The Morgan fingerprint density at radius 2 is 1.57 bits per heavy atom. The van der Waals surface area contributed by atoms with Gasteiger partial charge in [-0.05, 0) is 55.8 Å². The van der Waals surface area contributed by atoms with Crippen LogP contribution in [0.15, 0.2) is 24.3 Å². The number of nitrogen functional groups attached to an aromatic ring is 1. The Balaban J connectivity index is 1.53. The second-order valence-corrected chi connectivity index (χ2v) is 10.4. The molecule has 1 aromatic carbocycles. The highest BCUT2D eigenvalue weighted by atomic mass is 32.1. The second-order valence-electron chi connectivity index (χ2n) is 9.66. The van der Waals surface area contributed by atoms with Crippen molar-refractivity contribution in [2.45, 2.75) is 83.2 Å². The second kappa shape index (κ2) is 11.7. The van der Waals surface area contributed by atoms with E-state index in [1.807, 2.05) is 31.2 Å². The molecule has 2 aliphatic rings. The first-order valence-electron chi connectivity index (χ1n) is 12.7. The van der Waals surface area contributed by atoms with Crippen LogP contribution in [0.2, 0.25) is 0 Å². The van der Waals surface area contributed by atoms with E-state index < -0.39 is 5.91 Å². The third kappa shape index (κ3) is 6.20. The van der Waals surface area contributed by atoms with Gasteiger partial charge in [-0.2, -0.15) is 4.37 Å². The molecular formula is C26H35N5O3S. The summed E-state index contributed by atoms with van der Waals surface area (Å²) in [6.45, 7) is 1.77. The van der Waals surface area contributed by atoms with Gasteiger partial charge in [0.25, 0.3) is 11.8 Å². The Bertz CT molecular complexity index is 1060. The SMILES string of the molecule is Cc1ccccc1N(CC(=O)NC1CCCCC1)C(=O)c1snc(C(=O)NC2CCCCC2)c1N. The van der Waals surface area contributed by atoms with E-state index in [0.29, 0.717) is 5.69 Å². The van der Waals surface area contributed by atoms with Crippen molar-refractivity contribution in [3.63, 3.8) is 0 Å². The van der Waals surface area contributed by atoms with Crippen molar-refractivity contribution in [3.05, 3.63) is 40.4 Å². The van der Waals surface area contributed by atoms with Crippen molar-refractivity contribution in [1.82, 2.24) is 15.0 Å². The van der Waals surface area contributed by atoms with Gasteiger partial charge in [0.1, 0.15) is 11.4 Å². The number of carbonyl (C=O) groups excluding carboxylic acids is 3. The van der Waals surface area contributed by atoms with E-state index in [1.54, 1.807) is 0 Å². The first kappa shape index (κ1) is 25.2. The van der Waals surface area contributed by atoms with Gasteiger partial charge in [-0.25, -0.2) is 0 Å². The number of amides is 3. The standard InChI is InChI=1S/C26H35N5O3S/c1-17-10-8-9-15-20(17)31(16-21(32)28-18-11-4-2-5-12-18)26(34)24-22(27)23(30-35-24)25(33)29-19-13-6-3-7-14-19/h8-10,15,18-19H,2-7,11-14,16,27H2,1H3,(H,28,32)(H,29,33). The first-order valence-corrected chi connectivity index (χ1v) is 13.4. The van der Waals surface area contributed by atoms with Crippen molar-refractivity contribution < 1.29 is 14.4 Å². The number of hydrogen-bond acceptors (Lipinski definition) is 6. The van der Waals surface area contributed by atoms with Gasteiger partial charge in [0.2, 0.25) is 5.91 Å². The molecule has 0 radical (unpaired) electrons. The van der Waals surface area contributed by atoms with E-state index in [2.05, 4.69) is 15.0 Å². The Hall–Kier alpha value is -2.94. The molecule has 3 amide bonds. The summed E-state index contributed by atoms with van der Waals surface area (Å²) in [7, 11) is 0. The van der Waals surface area contributed by atoms with E-state index in [9.17, 15) is 14.4 Å². The average molecular weight is 498 g/mol. The Labute approximate surface area is 210 Å². The number of anilines is 2. The summed E-state index contributed by atoms with van der Waals surface area (Å²) in [5, 5.41) is 6.10. The van der Waals surface area contributed by atoms with Gasteiger partial charge in [-0.1, -0.05) is 56.7 Å². The number of benzene rings is 1. The molecule has 4 rings (SSSR count). The molecule has 0 saturated heterocycles. The fourth-order valence-corrected chi connectivity index (χ4v) is 5.78. The van der Waals surface area contributed by atoms with Crippen LogP contribution < -0.4 is 21.3 Å². The van der Waals surface area contributed by atoms with E-state index in [4.69, 9.17) is 5.73 Å². The van der Waals surface area contributed by atoms with Crippen LogP contribution in [0.25, 0.3) is 0 Å². The third-order valence-corrected chi connectivity index (χ3v) is 7.85. The van der Waals surface area contributed by atoms with Crippen molar-refractivity contribution in [2.24, 2.45) is 0 Å². The molecule has 0 aliphatic heterocycles. The Morgan fingerprint density at radius 3 is 2.20 bits per heavy atom. The maximum absolute atomic E-state index is 13.7. The third-order valence-electron chi connectivity index (χ3n) is 7.00. The summed E-state index contributed by atoms with van der Waals surface area (Å²) < 4.78 is 4.23. The van der Waals surface area contributed by atoms with E-state index in [1.165, 1.54) is 17.7 Å². The molecule has 2 fully saturated rings. The van der Waals surface area contributed by atoms with Gasteiger partial charge in [0, 0.05) is 17.8 Å². The highest BCUT2D eigenvalue weighted by Crippen LogP contribution is 2.28. The number of carbonyl (C=O) groups is 3. The van der Waals surface area contributed by atoms with Gasteiger partial charge in [0.05, 0.1) is 5.69 Å². The Kier molecular flexibility index (Phi) is 8.38. The van der Waals surface area contributed by atoms with Crippen LogP contribution in [0.4, 0.5) is 11.4 Å². The lowest BCUT2D eigenvalue weighted by Gasteiger charge is -2.27. The van der Waals surface area contributed by atoms with Crippen molar-refractivity contribution in [3.8, 4) is 0 Å². The molecule has 188 valence electrons. The minimum absolute atomic E-state index is 0.0691. The summed E-state index contributed by atoms with van der Waals surface area (Å²) in [6.07, 6.45) is 10.6. The molecule has 1 heterocycles. The van der Waals surface area contributed by atoms with Gasteiger partial charge in [-0.15, -0.1) is 0 Å². The van der Waals surface area contributed by atoms with Crippen LogP contribution >= 0.6 is 11.5 Å². The molecule has 0 bridgehead atoms. The molecule has 0 atom stereocenters. The molecule has 0 spiro atoms. The zero-order valence-corrected chi connectivity index (χ0v) is 21.2. The summed E-state index contributed by atoms with van der Waals surface area (Å²) in [5.41, 5.74) is 7.94. The molecule has 1 aromatic heterocycles. The normalized spacial score (nSPS) is 17.1. The number of aryl methyl sites for hydroxylation is 1. The predicted octanol–water partition coefficient (Wildman–Crippen LogP) is 4.19. The highest BCUT2D eigenvalue weighted by Gasteiger charge is 2.30. The van der Waals surface area contributed by atoms with Crippen molar-refractivity contribution >= 4 is 40.6 Å². The van der Waals surface area contributed by atoms with Crippen molar-refractivity contribution in [1.29, 1.82) is 0 Å². The number of para-hydroxylation sites is 1. The number of rotatable bonds is 7. The summed E-state index contributed by atoms with van der Waals surface area (Å²) >= 11 is 0.907. The largest absolute Gasteiger partial charge is 0.395 e. The van der Waals surface area contributed by atoms with Crippen molar-refractivity contribution in [2.75, 3.05) is 17.2 Å². The molecule has 8 nitrogen and oxygen atoms in total. The number of nitrogens with zero attached hydrogens (tertiary/aromatic N) is 2. The van der Waals surface area contributed by atoms with E-state index in [-0.39, 0.29) is 46.7 Å². The lowest BCUT2D eigenvalue weighted by atomic mass is 9.95. The molecule has 0 unspecified atom stereocenters. The number of aromatic nitrogens is 1. The fraction of sp³-hybridized carbons (Fsp3) is 0.538. The fourth-order valence-electron chi connectivity index (χ4n) is 5.03. The van der Waals surface area contributed by atoms with Gasteiger partial charge < -0.3 is 16.4 Å². The molecule has 2 aromatic rings. The number of nitrogens with one attached hydrogen (secondary N) is 2. The zero-order chi connectivity index (χ0) is 24.8. The molecular weight excluding hydrogens is 462 g/mol. The predicted molar refractivity (Wildman–Crippen MR) is 139 cm³/mol. The highest BCUT2D eigenvalue weighted by molar-refractivity contribution is 7.09. The molecule has 2 saturated carbocycles. The lowest BCUT2D eigenvalue weighted by molar-refractivity contribution is -0.120. The maximum Gasteiger partial charge on any atom is 0.273 e.